The fraction of sp³-hybridized carbons (Fsp3) is 0.273. The van der Waals surface area contributed by atoms with Gasteiger partial charge in [-0.2, -0.15) is 18.4 Å². The van der Waals surface area contributed by atoms with Gasteiger partial charge in [0.2, 0.25) is 0 Å². The Morgan fingerprint density at radius 1 is 1.23 bits per heavy atom. The van der Waals surface area contributed by atoms with Crippen LogP contribution in [0.3, 0.4) is 0 Å². The second-order valence-electron chi connectivity index (χ2n) is 3.55. The summed E-state index contributed by atoms with van der Waals surface area (Å²) in [6.07, 6.45) is -5.30. The number of thioether (sulfide) groups is 1. The van der Waals surface area contributed by atoms with Gasteiger partial charge >= 0.3 is 17.8 Å². The van der Waals surface area contributed by atoms with Crippen LogP contribution in [-0.2, 0) is 4.74 Å². The molecular formula is C11H5F6NO3S. The topological polar surface area (TPSA) is 59.3 Å². The van der Waals surface area contributed by atoms with E-state index in [-0.39, 0.29) is 0 Å². The van der Waals surface area contributed by atoms with Crippen LogP contribution < -0.4 is 4.74 Å². The predicted octanol–water partition coefficient (Wildman–Crippen LogP) is 3.86. The highest BCUT2D eigenvalue weighted by atomic mass is 32.2. The Balaban J connectivity index is 3.56. The van der Waals surface area contributed by atoms with Crippen LogP contribution in [0.4, 0.5) is 26.3 Å². The quantitative estimate of drug-likeness (QED) is 0.473. The van der Waals surface area contributed by atoms with Crippen LogP contribution in [0.25, 0.3) is 0 Å². The Bertz CT molecular complexity index is 620. The third-order valence-electron chi connectivity index (χ3n) is 2.03. The molecular weight excluding hydrogens is 340 g/mol. The van der Waals surface area contributed by atoms with Gasteiger partial charge in [0.05, 0.1) is 29.2 Å². The van der Waals surface area contributed by atoms with Crippen LogP contribution in [0.1, 0.15) is 15.9 Å². The molecule has 4 nitrogen and oxygen atoms in total. The molecule has 0 N–H and O–H groups in total. The third kappa shape index (κ3) is 5.03. The molecule has 0 unspecified atom stereocenters. The summed E-state index contributed by atoms with van der Waals surface area (Å²) in [6.45, 7) is 0. The van der Waals surface area contributed by atoms with Gasteiger partial charge in [0.1, 0.15) is 5.75 Å². The molecule has 0 fully saturated rings. The Labute approximate surface area is 123 Å². The Hall–Kier alpha value is -2.09. The zero-order chi connectivity index (χ0) is 17.1. The molecule has 0 radical (unpaired) electrons. The van der Waals surface area contributed by atoms with Crippen molar-refractivity contribution in [2.75, 3.05) is 7.11 Å². The van der Waals surface area contributed by atoms with E-state index in [2.05, 4.69) is 9.47 Å². The third-order valence-corrected chi connectivity index (χ3v) is 2.89. The van der Waals surface area contributed by atoms with Crippen molar-refractivity contribution in [3.8, 4) is 11.8 Å². The van der Waals surface area contributed by atoms with E-state index in [1.54, 1.807) is 0 Å². The van der Waals surface area contributed by atoms with E-state index >= 15 is 0 Å². The Kier molecular flexibility index (Phi) is 5.18. The number of benzene rings is 1. The van der Waals surface area contributed by atoms with Crippen LogP contribution in [0.2, 0.25) is 0 Å². The molecule has 120 valence electrons. The maximum Gasteiger partial charge on any atom is 0.573 e. The summed E-state index contributed by atoms with van der Waals surface area (Å²) < 4.78 is 82.0. The molecule has 0 aliphatic rings. The second-order valence-corrected chi connectivity index (χ2v) is 4.63. The minimum atomic E-state index is -5.30. The number of rotatable bonds is 3. The van der Waals surface area contributed by atoms with Gasteiger partial charge in [-0.25, -0.2) is 4.79 Å². The van der Waals surface area contributed by atoms with Gasteiger partial charge in [-0.3, -0.25) is 0 Å². The number of ether oxygens (including phenoxy) is 2. The van der Waals surface area contributed by atoms with E-state index in [0.29, 0.717) is 12.1 Å². The molecule has 1 rings (SSSR count). The smallest absolute Gasteiger partial charge is 0.465 e. The number of halogens is 6. The number of hydrogen-bond donors (Lipinski definition) is 0. The van der Waals surface area contributed by atoms with E-state index in [9.17, 15) is 31.1 Å². The number of nitriles is 1. The Morgan fingerprint density at radius 2 is 1.82 bits per heavy atom. The van der Waals surface area contributed by atoms with Crippen molar-refractivity contribution < 1.29 is 40.6 Å². The van der Waals surface area contributed by atoms with Crippen molar-refractivity contribution in [1.29, 1.82) is 5.26 Å². The van der Waals surface area contributed by atoms with Crippen molar-refractivity contribution in [1.82, 2.24) is 0 Å². The summed E-state index contributed by atoms with van der Waals surface area (Å²) in [5.41, 5.74) is -6.34. The number of carbonyl (C=O) groups excluding carboxylic acids is 1. The van der Waals surface area contributed by atoms with Gasteiger partial charge < -0.3 is 9.47 Å². The first-order chi connectivity index (χ1) is 9.96. The molecule has 0 saturated heterocycles. The number of hydrogen-bond acceptors (Lipinski definition) is 5. The molecule has 22 heavy (non-hydrogen) atoms. The second kappa shape index (κ2) is 6.35. The Morgan fingerprint density at radius 3 is 2.23 bits per heavy atom. The van der Waals surface area contributed by atoms with Crippen molar-refractivity contribution in [2.24, 2.45) is 0 Å². The summed E-state index contributed by atoms with van der Waals surface area (Å²) in [6, 6.07) is 2.55. The minimum absolute atomic E-state index is 0.452. The molecule has 11 heteroatoms. The first-order valence-electron chi connectivity index (χ1n) is 5.15. The predicted molar refractivity (Wildman–Crippen MR) is 61.1 cm³/mol. The van der Waals surface area contributed by atoms with Crippen LogP contribution in [0, 0.1) is 11.3 Å². The molecule has 0 saturated carbocycles. The molecule has 0 aromatic heterocycles. The number of esters is 1. The van der Waals surface area contributed by atoms with Gasteiger partial charge in [0.25, 0.3) is 0 Å². The lowest BCUT2D eigenvalue weighted by Crippen LogP contribution is -2.19. The average Bonchev–Trinajstić information content (AvgIpc) is 2.36. The molecule has 0 aliphatic heterocycles. The lowest BCUT2D eigenvalue weighted by molar-refractivity contribution is -0.275. The molecule has 0 heterocycles. The number of carbonyl (C=O) groups is 1. The normalized spacial score (nSPS) is 11.7. The first-order valence-corrected chi connectivity index (χ1v) is 5.96. The van der Waals surface area contributed by atoms with Gasteiger partial charge in [-0.05, 0) is 23.9 Å². The molecule has 0 bridgehead atoms. The highest BCUT2D eigenvalue weighted by Crippen LogP contribution is 2.45. The zero-order valence-electron chi connectivity index (χ0n) is 10.5. The molecule has 0 spiro atoms. The summed E-state index contributed by atoms with van der Waals surface area (Å²) in [4.78, 5) is 10.3. The van der Waals surface area contributed by atoms with Crippen molar-refractivity contribution in [2.45, 2.75) is 16.8 Å². The van der Waals surface area contributed by atoms with Crippen LogP contribution >= 0.6 is 11.8 Å². The maximum atomic E-state index is 12.5. The summed E-state index contributed by atoms with van der Waals surface area (Å²) in [5, 5.41) is 8.69. The van der Waals surface area contributed by atoms with Gasteiger partial charge in [-0.1, -0.05) is 0 Å². The van der Waals surface area contributed by atoms with Crippen molar-refractivity contribution in [3.63, 3.8) is 0 Å². The van der Waals surface area contributed by atoms with Crippen LogP contribution in [0.5, 0.6) is 5.75 Å². The SMILES string of the molecule is COC(=O)c1cc(C#N)cc(OC(F)(F)F)c1SC(F)(F)F. The minimum Gasteiger partial charge on any atom is -0.465 e. The molecule has 0 atom stereocenters. The largest absolute Gasteiger partial charge is 0.573 e. The first kappa shape index (κ1) is 18.0. The van der Waals surface area contributed by atoms with Gasteiger partial charge in [0.15, 0.2) is 0 Å². The van der Waals surface area contributed by atoms with Crippen LogP contribution in [-0.4, -0.2) is 24.9 Å². The highest BCUT2D eigenvalue weighted by Gasteiger charge is 2.38. The summed E-state index contributed by atoms with van der Waals surface area (Å²) >= 11 is -0.978. The standard InChI is InChI=1S/C11H5F6NO3S/c1-20-9(19)6-2-5(4-18)3-7(21-10(12,13)14)8(6)22-11(15,16)17/h2-3H,1H3. The molecule has 0 aliphatic carbocycles. The van der Waals surface area contributed by atoms with E-state index in [0.717, 1.165) is 7.11 Å². The summed E-state index contributed by atoms with van der Waals surface area (Å²) in [7, 11) is 0.827. The van der Waals surface area contributed by atoms with E-state index in [4.69, 9.17) is 5.26 Å². The maximum absolute atomic E-state index is 12.5. The lowest BCUT2D eigenvalue weighted by Gasteiger charge is -2.16. The molecule has 1 aromatic carbocycles. The van der Waals surface area contributed by atoms with E-state index < -0.39 is 51.4 Å². The monoisotopic (exact) mass is 345 g/mol. The lowest BCUT2D eigenvalue weighted by atomic mass is 10.1. The number of alkyl halides is 6. The van der Waals surface area contributed by atoms with Crippen molar-refractivity contribution in [3.05, 3.63) is 23.3 Å². The number of nitrogens with zero attached hydrogens (tertiary/aromatic N) is 1. The van der Waals surface area contributed by atoms with E-state index in [1.807, 2.05) is 0 Å². The zero-order valence-corrected chi connectivity index (χ0v) is 11.3. The van der Waals surface area contributed by atoms with E-state index in [1.165, 1.54) is 6.07 Å². The van der Waals surface area contributed by atoms with Crippen LogP contribution in [0.15, 0.2) is 17.0 Å². The summed E-state index contributed by atoms with van der Waals surface area (Å²) in [5.74, 6) is -2.65. The number of methoxy groups -OCH3 is 1. The fourth-order valence-electron chi connectivity index (χ4n) is 1.35. The fourth-order valence-corrected chi connectivity index (χ4v) is 2.03. The van der Waals surface area contributed by atoms with Crippen molar-refractivity contribution >= 4 is 17.7 Å². The van der Waals surface area contributed by atoms with Gasteiger partial charge in [0, 0.05) is 0 Å². The highest BCUT2D eigenvalue weighted by molar-refractivity contribution is 8.00. The average molecular weight is 345 g/mol. The van der Waals surface area contributed by atoms with Gasteiger partial charge in [-0.15, -0.1) is 13.2 Å². The molecule has 0 amide bonds. The molecule has 1 aromatic rings.